The standard InChI is InChI=1S/C15H17F2N3S.ClH/c16-12-2-1-3-13(17)14(12)10-4-6-20(7-5-10)9-11-8-19-15(18)21-11;/h1-3,8,10H,4-7,9H2,(H2,18,19);1H. The van der Waals surface area contributed by atoms with Crippen LogP contribution in [0.4, 0.5) is 13.9 Å². The minimum absolute atomic E-state index is 0. The topological polar surface area (TPSA) is 42.1 Å². The molecule has 120 valence electrons. The fourth-order valence-electron chi connectivity index (χ4n) is 2.90. The number of nitrogen functional groups attached to an aromatic ring is 1. The predicted octanol–water partition coefficient (Wildman–Crippen LogP) is 3.80. The average Bonchev–Trinajstić information content (AvgIpc) is 2.86. The third-order valence-electron chi connectivity index (χ3n) is 3.95. The van der Waals surface area contributed by atoms with Crippen molar-refractivity contribution in [1.29, 1.82) is 0 Å². The normalized spacial score (nSPS) is 16.5. The molecule has 1 aliphatic heterocycles. The van der Waals surface area contributed by atoms with Crippen LogP contribution in [0.5, 0.6) is 0 Å². The molecule has 2 N–H and O–H groups in total. The van der Waals surface area contributed by atoms with Crippen LogP contribution in [0.25, 0.3) is 0 Å². The first-order valence-electron chi connectivity index (χ1n) is 7.00. The molecule has 2 heterocycles. The zero-order valence-corrected chi connectivity index (χ0v) is 13.6. The quantitative estimate of drug-likeness (QED) is 0.919. The molecule has 0 amide bonds. The summed E-state index contributed by atoms with van der Waals surface area (Å²) in [6, 6.07) is 4.09. The molecule has 7 heteroatoms. The van der Waals surface area contributed by atoms with Crippen molar-refractivity contribution in [2.24, 2.45) is 0 Å². The lowest BCUT2D eigenvalue weighted by Crippen LogP contribution is -2.32. The summed E-state index contributed by atoms with van der Waals surface area (Å²) in [4.78, 5) is 7.45. The highest BCUT2D eigenvalue weighted by molar-refractivity contribution is 7.15. The molecule has 0 aliphatic carbocycles. The maximum atomic E-state index is 13.8. The van der Waals surface area contributed by atoms with Crippen LogP contribution in [0.15, 0.2) is 24.4 Å². The number of hydrogen-bond donors (Lipinski definition) is 1. The molecule has 22 heavy (non-hydrogen) atoms. The summed E-state index contributed by atoms with van der Waals surface area (Å²) in [5.74, 6) is -0.888. The Labute approximate surface area is 138 Å². The fraction of sp³-hybridized carbons (Fsp3) is 0.400. The largest absolute Gasteiger partial charge is 0.375 e. The van der Waals surface area contributed by atoms with E-state index in [1.165, 1.54) is 29.5 Å². The van der Waals surface area contributed by atoms with Gasteiger partial charge in [-0.15, -0.1) is 23.7 Å². The minimum Gasteiger partial charge on any atom is -0.375 e. The Hall–Kier alpha value is -1.24. The molecule has 1 aromatic carbocycles. The Kier molecular flexibility index (Phi) is 5.72. The first-order chi connectivity index (χ1) is 10.1. The van der Waals surface area contributed by atoms with Crippen LogP contribution >= 0.6 is 23.7 Å². The van der Waals surface area contributed by atoms with Crippen molar-refractivity contribution in [2.45, 2.75) is 25.3 Å². The predicted molar refractivity (Wildman–Crippen MR) is 87.4 cm³/mol. The van der Waals surface area contributed by atoms with Crippen LogP contribution in [0.2, 0.25) is 0 Å². The van der Waals surface area contributed by atoms with Gasteiger partial charge in [0, 0.05) is 23.2 Å². The number of thiazole rings is 1. The van der Waals surface area contributed by atoms with Gasteiger partial charge in [-0.3, -0.25) is 4.90 Å². The second-order valence-electron chi connectivity index (χ2n) is 5.35. The number of halogens is 3. The zero-order chi connectivity index (χ0) is 14.8. The Morgan fingerprint density at radius 2 is 1.86 bits per heavy atom. The van der Waals surface area contributed by atoms with E-state index in [-0.39, 0.29) is 23.9 Å². The first-order valence-corrected chi connectivity index (χ1v) is 7.81. The molecule has 0 unspecified atom stereocenters. The summed E-state index contributed by atoms with van der Waals surface area (Å²) in [6.45, 7) is 2.47. The molecule has 3 nitrogen and oxygen atoms in total. The number of anilines is 1. The van der Waals surface area contributed by atoms with Crippen molar-refractivity contribution in [3.63, 3.8) is 0 Å². The van der Waals surface area contributed by atoms with Gasteiger partial charge in [0.2, 0.25) is 0 Å². The summed E-state index contributed by atoms with van der Waals surface area (Å²) >= 11 is 1.49. The molecule has 2 aromatic rings. The fourth-order valence-corrected chi connectivity index (χ4v) is 3.62. The van der Waals surface area contributed by atoms with E-state index in [0.717, 1.165) is 37.4 Å². The monoisotopic (exact) mass is 345 g/mol. The SMILES string of the molecule is Cl.Nc1ncc(CN2CCC(c3c(F)cccc3F)CC2)s1. The lowest BCUT2D eigenvalue weighted by atomic mass is 9.88. The Bertz CT molecular complexity index is 607. The maximum Gasteiger partial charge on any atom is 0.180 e. The molecule has 3 rings (SSSR count). The summed E-state index contributed by atoms with van der Waals surface area (Å²) in [7, 11) is 0. The average molecular weight is 346 g/mol. The first kappa shape index (κ1) is 17.1. The van der Waals surface area contributed by atoms with E-state index in [2.05, 4.69) is 9.88 Å². The highest BCUT2D eigenvalue weighted by Gasteiger charge is 2.25. The molecule has 1 aliphatic rings. The van der Waals surface area contributed by atoms with Crippen LogP contribution in [-0.2, 0) is 6.54 Å². The highest BCUT2D eigenvalue weighted by Crippen LogP contribution is 2.32. The number of hydrogen-bond acceptors (Lipinski definition) is 4. The van der Waals surface area contributed by atoms with Crippen molar-refractivity contribution in [3.05, 3.63) is 46.5 Å². The van der Waals surface area contributed by atoms with Gasteiger partial charge in [0.15, 0.2) is 5.13 Å². The van der Waals surface area contributed by atoms with Gasteiger partial charge in [0.25, 0.3) is 0 Å². The molecule has 0 bridgehead atoms. The third-order valence-corrected chi connectivity index (χ3v) is 4.76. The van der Waals surface area contributed by atoms with Gasteiger partial charge < -0.3 is 5.73 Å². The number of piperidine rings is 1. The van der Waals surface area contributed by atoms with Gasteiger partial charge in [0.05, 0.1) is 0 Å². The Morgan fingerprint density at radius 3 is 2.41 bits per heavy atom. The van der Waals surface area contributed by atoms with Gasteiger partial charge >= 0.3 is 0 Å². The summed E-state index contributed by atoms with van der Waals surface area (Å²) in [6.07, 6.45) is 3.33. The number of benzene rings is 1. The van der Waals surface area contributed by atoms with Crippen LogP contribution < -0.4 is 5.73 Å². The summed E-state index contributed by atoms with van der Waals surface area (Å²) in [5.41, 5.74) is 5.87. The smallest absolute Gasteiger partial charge is 0.180 e. The van der Waals surface area contributed by atoms with E-state index in [1.54, 1.807) is 6.20 Å². The highest BCUT2D eigenvalue weighted by atomic mass is 35.5. The van der Waals surface area contributed by atoms with Gasteiger partial charge in [0.1, 0.15) is 11.6 Å². The van der Waals surface area contributed by atoms with Crippen molar-refractivity contribution < 1.29 is 8.78 Å². The van der Waals surface area contributed by atoms with Crippen molar-refractivity contribution in [1.82, 2.24) is 9.88 Å². The van der Waals surface area contributed by atoms with Crippen LogP contribution in [0, 0.1) is 11.6 Å². The summed E-state index contributed by atoms with van der Waals surface area (Å²) in [5, 5.41) is 0.577. The van der Waals surface area contributed by atoms with E-state index in [0.29, 0.717) is 5.13 Å². The number of rotatable bonds is 3. The number of likely N-dealkylation sites (tertiary alicyclic amines) is 1. The molecule has 1 fully saturated rings. The number of nitrogens with zero attached hydrogens (tertiary/aromatic N) is 2. The van der Waals surface area contributed by atoms with Crippen molar-refractivity contribution in [3.8, 4) is 0 Å². The third kappa shape index (κ3) is 3.74. The van der Waals surface area contributed by atoms with Gasteiger partial charge in [-0.25, -0.2) is 13.8 Å². The van der Waals surface area contributed by atoms with E-state index in [4.69, 9.17) is 5.73 Å². The van der Waals surface area contributed by atoms with Gasteiger partial charge in [-0.1, -0.05) is 6.07 Å². The molecule has 0 spiro atoms. The zero-order valence-electron chi connectivity index (χ0n) is 12.0. The van der Waals surface area contributed by atoms with E-state index < -0.39 is 11.6 Å². The van der Waals surface area contributed by atoms with Crippen molar-refractivity contribution >= 4 is 28.9 Å². The Balaban J connectivity index is 0.00000176. The number of nitrogens with two attached hydrogens (primary N) is 1. The van der Waals surface area contributed by atoms with Crippen LogP contribution in [0.1, 0.15) is 29.2 Å². The van der Waals surface area contributed by atoms with E-state index in [9.17, 15) is 8.78 Å². The van der Waals surface area contributed by atoms with Crippen LogP contribution in [0.3, 0.4) is 0 Å². The molecule has 0 saturated carbocycles. The van der Waals surface area contributed by atoms with Crippen molar-refractivity contribution in [2.75, 3.05) is 18.8 Å². The molecule has 1 saturated heterocycles. The molecular formula is C15H18ClF2N3S. The molecule has 0 atom stereocenters. The number of aromatic nitrogens is 1. The second-order valence-corrected chi connectivity index (χ2v) is 6.50. The maximum absolute atomic E-state index is 13.8. The van der Waals surface area contributed by atoms with E-state index in [1.807, 2.05) is 0 Å². The Morgan fingerprint density at radius 1 is 1.23 bits per heavy atom. The molecular weight excluding hydrogens is 328 g/mol. The van der Waals surface area contributed by atoms with Gasteiger partial charge in [-0.2, -0.15) is 0 Å². The van der Waals surface area contributed by atoms with Gasteiger partial charge in [-0.05, 0) is 44.0 Å². The summed E-state index contributed by atoms with van der Waals surface area (Å²) < 4.78 is 27.6. The van der Waals surface area contributed by atoms with Crippen LogP contribution in [-0.4, -0.2) is 23.0 Å². The molecule has 0 radical (unpaired) electrons. The molecule has 1 aromatic heterocycles. The van der Waals surface area contributed by atoms with E-state index >= 15 is 0 Å². The lowest BCUT2D eigenvalue weighted by molar-refractivity contribution is 0.203. The lowest BCUT2D eigenvalue weighted by Gasteiger charge is -2.32. The minimum atomic E-state index is -0.427. The second kappa shape index (κ2) is 7.35.